The van der Waals surface area contributed by atoms with Crippen LogP contribution in [-0.2, 0) is 9.59 Å². The third kappa shape index (κ3) is 4.53. The Morgan fingerprint density at radius 2 is 1.88 bits per heavy atom. The number of amides is 2. The lowest BCUT2D eigenvalue weighted by molar-refractivity contribution is -0.132. The average Bonchev–Trinajstić information content (AvgIpc) is 3.04. The molecular weight excluding hydrogens is 332 g/mol. The fourth-order valence-corrected chi connectivity index (χ4v) is 3.82. The quantitative estimate of drug-likeness (QED) is 0.775. The van der Waals surface area contributed by atoms with Crippen LogP contribution in [0.2, 0.25) is 0 Å². The number of rotatable bonds is 5. The molecule has 2 aliphatic heterocycles. The highest BCUT2D eigenvalue weighted by atomic mass is 16.5. The first-order chi connectivity index (χ1) is 12.6. The normalized spacial score (nSPS) is 23.7. The Labute approximate surface area is 154 Å². The molecule has 142 valence electrons. The number of piperazine rings is 1. The monoisotopic (exact) mass is 360 g/mol. The van der Waals surface area contributed by atoms with Crippen LogP contribution < -0.4 is 15.4 Å². The van der Waals surface area contributed by atoms with Gasteiger partial charge in [0.2, 0.25) is 11.8 Å². The molecular formula is C19H28N4O3. The Hall–Kier alpha value is -2.12. The predicted molar refractivity (Wildman–Crippen MR) is 99.2 cm³/mol. The number of carbonyl (C=O) groups is 2. The first-order valence-corrected chi connectivity index (χ1v) is 9.18. The van der Waals surface area contributed by atoms with E-state index in [1.807, 2.05) is 29.2 Å². The second kappa shape index (κ2) is 8.51. The number of nitrogens with zero attached hydrogens (tertiary/aromatic N) is 2. The van der Waals surface area contributed by atoms with Crippen molar-refractivity contribution in [1.82, 2.24) is 20.4 Å². The van der Waals surface area contributed by atoms with Gasteiger partial charge in [-0.15, -0.1) is 0 Å². The van der Waals surface area contributed by atoms with Gasteiger partial charge in [0.1, 0.15) is 5.75 Å². The Bertz CT molecular complexity index is 628. The molecule has 26 heavy (non-hydrogen) atoms. The summed E-state index contributed by atoms with van der Waals surface area (Å²) in [5.74, 6) is 1.11. The fourth-order valence-electron chi connectivity index (χ4n) is 3.82. The van der Waals surface area contributed by atoms with Crippen molar-refractivity contribution in [3.05, 3.63) is 29.8 Å². The zero-order valence-corrected chi connectivity index (χ0v) is 15.5. The lowest BCUT2D eigenvalue weighted by Gasteiger charge is -2.29. The standard InChI is InChI=1S/C19H28N4O3/c1-14(24)21-18-12-22(13-19(25)23-9-7-20-8-10-23)11-17(18)15-3-5-16(26-2)6-4-15/h3-6,17-18,20H,7-13H2,1-2H3,(H,21,24)/t17-,18+/m0/s1. The molecule has 0 radical (unpaired) electrons. The third-order valence-corrected chi connectivity index (χ3v) is 5.16. The summed E-state index contributed by atoms with van der Waals surface area (Å²) in [6.07, 6.45) is 0. The summed E-state index contributed by atoms with van der Waals surface area (Å²) < 4.78 is 5.23. The van der Waals surface area contributed by atoms with Gasteiger partial charge in [0, 0.05) is 58.2 Å². The van der Waals surface area contributed by atoms with Crippen molar-refractivity contribution >= 4 is 11.8 Å². The minimum Gasteiger partial charge on any atom is -0.497 e. The highest BCUT2D eigenvalue weighted by Gasteiger charge is 2.35. The molecule has 0 bridgehead atoms. The van der Waals surface area contributed by atoms with Gasteiger partial charge < -0.3 is 20.3 Å². The maximum atomic E-state index is 12.6. The highest BCUT2D eigenvalue weighted by molar-refractivity contribution is 5.78. The number of benzene rings is 1. The second-order valence-corrected chi connectivity index (χ2v) is 7.01. The van der Waals surface area contributed by atoms with E-state index in [0.29, 0.717) is 13.1 Å². The van der Waals surface area contributed by atoms with E-state index in [2.05, 4.69) is 15.5 Å². The summed E-state index contributed by atoms with van der Waals surface area (Å²) >= 11 is 0. The molecule has 2 atom stereocenters. The number of hydrogen-bond donors (Lipinski definition) is 2. The summed E-state index contributed by atoms with van der Waals surface area (Å²) in [4.78, 5) is 28.3. The van der Waals surface area contributed by atoms with Crippen molar-refractivity contribution in [2.45, 2.75) is 18.9 Å². The van der Waals surface area contributed by atoms with Crippen LogP contribution in [0.25, 0.3) is 0 Å². The minimum absolute atomic E-state index is 0.0108. The molecule has 0 aromatic heterocycles. The number of nitrogens with one attached hydrogen (secondary N) is 2. The van der Waals surface area contributed by atoms with Crippen molar-refractivity contribution in [3.8, 4) is 5.75 Å². The van der Waals surface area contributed by atoms with Crippen LogP contribution in [0.5, 0.6) is 5.75 Å². The van der Waals surface area contributed by atoms with E-state index in [4.69, 9.17) is 4.74 Å². The maximum absolute atomic E-state index is 12.6. The molecule has 1 aromatic rings. The van der Waals surface area contributed by atoms with Gasteiger partial charge in [-0.25, -0.2) is 0 Å². The average molecular weight is 360 g/mol. The maximum Gasteiger partial charge on any atom is 0.236 e. The molecule has 0 spiro atoms. The molecule has 2 N–H and O–H groups in total. The largest absolute Gasteiger partial charge is 0.497 e. The molecule has 2 heterocycles. The third-order valence-electron chi connectivity index (χ3n) is 5.16. The Morgan fingerprint density at radius 1 is 1.19 bits per heavy atom. The molecule has 1 aromatic carbocycles. The van der Waals surface area contributed by atoms with Gasteiger partial charge in [-0.1, -0.05) is 12.1 Å². The van der Waals surface area contributed by atoms with E-state index < -0.39 is 0 Å². The van der Waals surface area contributed by atoms with Crippen LogP contribution in [0.3, 0.4) is 0 Å². The van der Waals surface area contributed by atoms with Gasteiger partial charge in [0.25, 0.3) is 0 Å². The van der Waals surface area contributed by atoms with Crippen molar-refractivity contribution in [1.29, 1.82) is 0 Å². The van der Waals surface area contributed by atoms with E-state index in [1.54, 1.807) is 14.0 Å². The van der Waals surface area contributed by atoms with Gasteiger partial charge in [-0.05, 0) is 17.7 Å². The molecule has 2 amide bonds. The molecule has 3 rings (SSSR count). The van der Waals surface area contributed by atoms with Gasteiger partial charge in [0.15, 0.2) is 0 Å². The fraction of sp³-hybridized carbons (Fsp3) is 0.579. The second-order valence-electron chi connectivity index (χ2n) is 7.01. The number of likely N-dealkylation sites (tertiary alicyclic amines) is 1. The Kier molecular flexibility index (Phi) is 6.11. The van der Waals surface area contributed by atoms with Gasteiger partial charge in [-0.2, -0.15) is 0 Å². The summed E-state index contributed by atoms with van der Waals surface area (Å²) in [6, 6.07) is 7.97. The smallest absolute Gasteiger partial charge is 0.236 e. The molecule has 2 fully saturated rings. The molecule has 7 nitrogen and oxygen atoms in total. The molecule has 2 saturated heterocycles. The van der Waals surface area contributed by atoms with Crippen LogP contribution in [0.1, 0.15) is 18.4 Å². The van der Waals surface area contributed by atoms with E-state index in [1.165, 1.54) is 0 Å². The molecule has 0 saturated carbocycles. The first kappa shape index (κ1) is 18.7. The van der Waals surface area contributed by atoms with Crippen LogP contribution in [-0.4, -0.2) is 80.6 Å². The van der Waals surface area contributed by atoms with Gasteiger partial charge in [-0.3, -0.25) is 14.5 Å². The number of carbonyl (C=O) groups excluding carboxylic acids is 2. The highest BCUT2D eigenvalue weighted by Crippen LogP contribution is 2.29. The van der Waals surface area contributed by atoms with Gasteiger partial charge in [0.05, 0.1) is 13.7 Å². The SMILES string of the molecule is COc1ccc([C@@H]2CN(CC(=O)N3CCNCC3)C[C@H]2NC(C)=O)cc1. The molecule has 2 aliphatic rings. The molecule has 0 unspecified atom stereocenters. The van der Waals surface area contributed by atoms with Crippen LogP contribution >= 0.6 is 0 Å². The van der Waals surface area contributed by atoms with Crippen molar-refractivity contribution in [2.24, 2.45) is 0 Å². The molecule has 0 aliphatic carbocycles. The summed E-state index contributed by atoms with van der Waals surface area (Å²) in [5.41, 5.74) is 1.15. The van der Waals surface area contributed by atoms with E-state index in [0.717, 1.165) is 44.0 Å². The lowest BCUT2D eigenvalue weighted by atomic mass is 9.94. The van der Waals surface area contributed by atoms with Crippen molar-refractivity contribution in [2.75, 3.05) is 52.9 Å². The predicted octanol–water partition coefficient (Wildman–Crippen LogP) is 0.0309. The Morgan fingerprint density at radius 3 is 2.50 bits per heavy atom. The van der Waals surface area contributed by atoms with Crippen LogP contribution in [0.15, 0.2) is 24.3 Å². The first-order valence-electron chi connectivity index (χ1n) is 9.18. The minimum atomic E-state index is -0.0382. The topological polar surface area (TPSA) is 73.9 Å². The van der Waals surface area contributed by atoms with E-state index in [9.17, 15) is 9.59 Å². The lowest BCUT2D eigenvalue weighted by Crippen LogP contribution is -2.49. The zero-order valence-electron chi connectivity index (χ0n) is 15.5. The van der Waals surface area contributed by atoms with E-state index in [-0.39, 0.29) is 23.8 Å². The van der Waals surface area contributed by atoms with Crippen molar-refractivity contribution in [3.63, 3.8) is 0 Å². The van der Waals surface area contributed by atoms with Crippen LogP contribution in [0, 0.1) is 0 Å². The van der Waals surface area contributed by atoms with Crippen molar-refractivity contribution < 1.29 is 14.3 Å². The van der Waals surface area contributed by atoms with Crippen LogP contribution in [0.4, 0.5) is 0 Å². The number of methoxy groups -OCH3 is 1. The summed E-state index contributed by atoms with van der Waals surface area (Å²) in [6.45, 7) is 6.64. The summed E-state index contributed by atoms with van der Waals surface area (Å²) in [5, 5.41) is 6.32. The Balaban J connectivity index is 1.67. The number of hydrogen-bond acceptors (Lipinski definition) is 5. The summed E-state index contributed by atoms with van der Waals surface area (Å²) in [7, 11) is 1.65. The zero-order chi connectivity index (χ0) is 18.5. The van der Waals surface area contributed by atoms with Gasteiger partial charge >= 0.3 is 0 Å². The van der Waals surface area contributed by atoms with E-state index >= 15 is 0 Å². The molecule has 7 heteroatoms. The number of ether oxygens (including phenoxy) is 1.